The summed E-state index contributed by atoms with van der Waals surface area (Å²) in [6.07, 6.45) is 1.39. The summed E-state index contributed by atoms with van der Waals surface area (Å²) in [4.78, 5) is 11.9. The van der Waals surface area contributed by atoms with Gasteiger partial charge in [-0.05, 0) is 56.9 Å². The Labute approximate surface area is 129 Å². The van der Waals surface area contributed by atoms with Gasteiger partial charge in [-0.3, -0.25) is 4.79 Å². The molecule has 1 atom stereocenters. The average molecular weight is 332 g/mol. The lowest BCUT2D eigenvalue weighted by Crippen LogP contribution is -2.37. The van der Waals surface area contributed by atoms with Gasteiger partial charge >= 0.3 is 0 Å². The van der Waals surface area contributed by atoms with Gasteiger partial charge in [-0.1, -0.05) is 0 Å². The number of ether oxygens (including phenoxy) is 1. The van der Waals surface area contributed by atoms with Crippen LogP contribution in [0.1, 0.15) is 30.9 Å². The van der Waals surface area contributed by atoms with Crippen LogP contribution in [0.4, 0.5) is 0 Å². The first-order valence-electron chi connectivity index (χ1n) is 6.72. The molecule has 7 heteroatoms. The van der Waals surface area contributed by atoms with Crippen molar-refractivity contribution in [1.82, 2.24) is 5.32 Å². The van der Waals surface area contributed by atoms with E-state index < -0.39 is 15.2 Å². The molecule has 2 rings (SSSR count). The van der Waals surface area contributed by atoms with E-state index in [0.717, 1.165) is 12.8 Å². The fraction of sp³-hybridized carbons (Fsp3) is 0.500. The van der Waals surface area contributed by atoms with E-state index >= 15 is 0 Å². The quantitative estimate of drug-likeness (QED) is 0.840. The zero-order valence-corrected chi connectivity index (χ0v) is 13.7. The zero-order chi connectivity index (χ0) is 15.8. The van der Waals surface area contributed by atoms with Crippen LogP contribution in [-0.2, 0) is 13.8 Å². The van der Waals surface area contributed by atoms with E-state index in [1.165, 1.54) is 12.1 Å². The van der Waals surface area contributed by atoms with Gasteiger partial charge < -0.3 is 10.1 Å². The van der Waals surface area contributed by atoms with E-state index in [-0.39, 0.29) is 16.8 Å². The normalized spacial score (nSPS) is 16.4. The molecule has 1 aromatic carbocycles. The van der Waals surface area contributed by atoms with Gasteiger partial charge in [0.05, 0.1) is 4.90 Å². The average Bonchev–Trinajstić information content (AvgIpc) is 3.17. The molecule has 5 nitrogen and oxygen atoms in total. The first-order valence-corrected chi connectivity index (χ1v) is 9.03. The van der Waals surface area contributed by atoms with Crippen LogP contribution in [0.2, 0.25) is 0 Å². The lowest BCUT2D eigenvalue weighted by molar-refractivity contribution is -0.127. The second kappa shape index (κ2) is 5.85. The molecule has 1 N–H and O–H groups in total. The number of nitrogens with one attached hydrogen (secondary N) is 1. The third kappa shape index (κ3) is 3.89. The molecule has 1 aliphatic rings. The van der Waals surface area contributed by atoms with Gasteiger partial charge in [0.1, 0.15) is 5.75 Å². The van der Waals surface area contributed by atoms with Crippen molar-refractivity contribution in [1.29, 1.82) is 0 Å². The molecule has 0 spiro atoms. The Morgan fingerprint density at radius 2 is 1.95 bits per heavy atom. The first-order chi connectivity index (χ1) is 9.70. The molecule has 1 amide bonds. The summed E-state index contributed by atoms with van der Waals surface area (Å²) in [7, 11) is 1.59. The molecule has 0 radical (unpaired) electrons. The van der Waals surface area contributed by atoms with Gasteiger partial charge in [0.2, 0.25) is 0 Å². The van der Waals surface area contributed by atoms with Crippen LogP contribution in [0.15, 0.2) is 17.0 Å². The second-order valence-corrected chi connectivity index (χ2v) is 7.83. The van der Waals surface area contributed by atoms with Crippen LogP contribution in [0.25, 0.3) is 0 Å². The Morgan fingerprint density at radius 1 is 1.33 bits per heavy atom. The van der Waals surface area contributed by atoms with Crippen molar-refractivity contribution >= 4 is 25.6 Å². The lowest BCUT2D eigenvalue weighted by Gasteiger charge is -2.18. The zero-order valence-electron chi connectivity index (χ0n) is 12.1. The maximum atomic E-state index is 11.9. The Bertz CT molecular complexity index is 668. The number of carbonyl (C=O) groups excluding carboxylic acids is 1. The first kappa shape index (κ1) is 16.1. The molecule has 116 valence electrons. The number of hydrogen-bond acceptors (Lipinski definition) is 4. The van der Waals surface area contributed by atoms with Gasteiger partial charge in [0.25, 0.3) is 15.0 Å². The number of carbonyl (C=O) groups is 1. The summed E-state index contributed by atoms with van der Waals surface area (Å²) in [6, 6.07) is 3.19. The van der Waals surface area contributed by atoms with Gasteiger partial charge in [-0.15, -0.1) is 0 Å². The van der Waals surface area contributed by atoms with E-state index in [9.17, 15) is 13.2 Å². The standard InChI is InChI=1S/C14H18ClNO4S/c1-8-9(2)13(21(15,18)19)7-6-12(8)20-10(3)14(17)16-11-4-5-11/h6-7,10-11H,4-5H2,1-3H3,(H,16,17). The second-order valence-electron chi connectivity index (χ2n) is 5.29. The molecule has 0 aliphatic heterocycles. The van der Waals surface area contributed by atoms with Gasteiger partial charge in [0.15, 0.2) is 6.10 Å². The SMILES string of the molecule is Cc1c(OC(C)C(=O)NC2CC2)ccc(S(=O)(=O)Cl)c1C. The third-order valence-electron chi connectivity index (χ3n) is 3.55. The van der Waals surface area contributed by atoms with E-state index in [1.54, 1.807) is 20.8 Å². The molecule has 1 unspecified atom stereocenters. The number of benzene rings is 1. The summed E-state index contributed by atoms with van der Waals surface area (Å²) in [5.74, 6) is 0.318. The van der Waals surface area contributed by atoms with Crippen LogP contribution in [0.5, 0.6) is 5.75 Å². The number of amides is 1. The summed E-state index contributed by atoms with van der Waals surface area (Å²) >= 11 is 0. The molecule has 1 saturated carbocycles. The highest BCUT2D eigenvalue weighted by Gasteiger charge is 2.27. The predicted octanol–water partition coefficient (Wildman–Crippen LogP) is 2.28. The van der Waals surface area contributed by atoms with Crippen LogP contribution in [0.3, 0.4) is 0 Å². The number of hydrogen-bond donors (Lipinski definition) is 1. The maximum Gasteiger partial charge on any atom is 0.261 e. The smallest absolute Gasteiger partial charge is 0.261 e. The number of rotatable bonds is 5. The topological polar surface area (TPSA) is 72.5 Å². The molecule has 1 aliphatic carbocycles. The van der Waals surface area contributed by atoms with Crippen LogP contribution in [-0.4, -0.2) is 26.5 Å². The Balaban J connectivity index is 2.17. The molecular weight excluding hydrogens is 314 g/mol. The minimum atomic E-state index is -3.79. The molecule has 1 fully saturated rings. The highest BCUT2D eigenvalue weighted by atomic mass is 35.7. The Kier molecular flexibility index (Phi) is 4.49. The van der Waals surface area contributed by atoms with Gasteiger partial charge in [-0.25, -0.2) is 8.42 Å². The molecular formula is C14H18ClNO4S. The Hall–Kier alpha value is -1.27. The summed E-state index contributed by atoms with van der Waals surface area (Å²) < 4.78 is 28.5. The van der Waals surface area contributed by atoms with Gasteiger partial charge in [0, 0.05) is 16.7 Å². The maximum absolute atomic E-state index is 11.9. The van der Waals surface area contributed by atoms with Crippen molar-refractivity contribution in [2.75, 3.05) is 0 Å². The summed E-state index contributed by atoms with van der Waals surface area (Å²) in [6.45, 7) is 5.06. The van der Waals surface area contributed by atoms with Crippen molar-refractivity contribution < 1.29 is 17.9 Å². The summed E-state index contributed by atoms with van der Waals surface area (Å²) in [5, 5.41) is 2.86. The molecule has 21 heavy (non-hydrogen) atoms. The molecule has 0 saturated heterocycles. The van der Waals surface area contributed by atoms with Crippen molar-refractivity contribution in [2.45, 2.75) is 50.7 Å². The number of halogens is 1. The largest absolute Gasteiger partial charge is 0.481 e. The van der Waals surface area contributed by atoms with Crippen LogP contribution < -0.4 is 10.1 Å². The van der Waals surface area contributed by atoms with Crippen molar-refractivity contribution in [3.8, 4) is 5.75 Å². The van der Waals surface area contributed by atoms with Gasteiger partial charge in [-0.2, -0.15) is 0 Å². The van der Waals surface area contributed by atoms with Crippen molar-refractivity contribution in [2.24, 2.45) is 0 Å². The molecule has 0 heterocycles. The lowest BCUT2D eigenvalue weighted by atomic mass is 10.1. The van der Waals surface area contributed by atoms with E-state index in [1.807, 2.05) is 0 Å². The molecule has 1 aromatic rings. The third-order valence-corrected chi connectivity index (χ3v) is 5.01. The fourth-order valence-corrected chi connectivity index (χ4v) is 3.20. The minimum Gasteiger partial charge on any atom is -0.481 e. The highest BCUT2D eigenvalue weighted by Crippen LogP contribution is 2.29. The minimum absolute atomic E-state index is 0.0594. The summed E-state index contributed by atoms with van der Waals surface area (Å²) in [5.41, 5.74) is 1.18. The van der Waals surface area contributed by atoms with Crippen molar-refractivity contribution in [3.05, 3.63) is 23.3 Å². The van der Waals surface area contributed by atoms with Crippen LogP contribution >= 0.6 is 10.7 Å². The van der Waals surface area contributed by atoms with E-state index in [4.69, 9.17) is 15.4 Å². The predicted molar refractivity (Wildman–Crippen MR) is 80.2 cm³/mol. The van der Waals surface area contributed by atoms with E-state index in [0.29, 0.717) is 16.9 Å². The van der Waals surface area contributed by atoms with E-state index in [2.05, 4.69) is 5.32 Å². The molecule has 0 aromatic heterocycles. The fourth-order valence-electron chi connectivity index (χ4n) is 1.95. The van der Waals surface area contributed by atoms with Crippen molar-refractivity contribution in [3.63, 3.8) is 0 Å². The monoisotopic (exact) mass is 331 g/mol. The molecule has 0 bridgehead atoms. The van der Waals surface area contributed by atoms with Crippen LogP contribution in [0, 0.1) is 13.8 Å². The highest BCUT2D eigenvalue weighted by molar-refractivity contribution is 8.13. The Morgan fingerprint density at radius 3 is 2.48 bits per heavy atom.